The number of carbonyl (C=O) groups excluding carboxylic acids is 1. The third-order valence-electron chi connectivity index (χ3n) is 2.74. The fourth-order valence-electron chi connectivity index (χ4n) is 1.78. The van der Waals surface area contributed by atoms with Gasteiger partial charge in [-0.25, -0.2) is 0 Å². The van der Waals surface area contributed by atoms with Gasteiger partial charge < -0.3 is 9.74 Å². The molecule has 0 radical (unpaired) electrons. The number of anilines is 1. The average molecular weight is 283 g/mol. The monoisotopic (exact) mass is 282 g/mol. The Morgan fingerprint density at radius 3 is 2.58 bits per heavy atom. The van der Waals surface area contributed by atoms with E-state index in [9.17, 15) is 4.79 Å². The number of alkyl halides is 1. The second-order valence-corrected chi connectivity index (χ2v) is 4.94. The quantitative estimate of drug-likeness (QED) is 0.473. The van der Waals surface area contributed by atoms with E-state index in [4.69, 9.17) is 11.6 Å². The average Bonchev–Trinajstić information content (AvgIpc) is 2.38. The molecule has 2 atom stereocenters. The van der Waals surface area contributed by atoms with Gasteiger partial charge in [0.25, 0.3) is 0 Å². The molecule has 0 aromatic heterocycles. The molecule has 0 spiro atoms. The van der Waals surface area contributed by atoms with Crippen molar-refractivity contribution in [3.63, 3.8) is 0 Å². The molecule has 0 aliphatic rings. The van der Waals surface area contributed by atoms with E-state index < -0.39 is 5.38 Å². The molecule has 0 bridgehead atoms. The third kappa shape index (κ3) is 3.96. The molecule has 5 heteroatoms. The Bertz CT molecular complexity index is 461. The van der Waals surface area contributed by atoms with Gasteiger partial charge in [0.15, 0.2) is 0 Å². The predicted octanol–water partition coefficient (Wildman–Crippen LogP) is 2.98. The highest BCUT2D eigenvalue weighted by Gasteiger charge is 2.25. The van der Waals surface area contributed by atoms with Crippen LogP contribution in [0.1, 0.15) is 19.4 Å². The van der Waals surface area contributed by atoms with Crippen LogP contribution in [0, 0.1) is 6.92 Å². The van der Waals surface area contributed by atoms with Gasteiger partial charge in [-0.15, -0.1) is 11.6 Å². The van der Waals surface area contributed by atoms with E-state index in [-0.39, 0.29) is 11.9 Å². The molecule has 2 unspecified atom stereocenters. The van der Waals surface area contributed by atoms with Crippen LogP contribution < -0.4 is 4.90 Å². The summed E-state index contributed by atoms with van der Waals surface area (Å²) in [6.07, 6.45) is 1.57. The second kappa shape index (κ2) is 7.14. The summed E-state index contributed by atoms with van der Waals surface area (Å²) in [7, 11) is 1.47. The molecule has 0 saturated heterocycles. The van der Waals surface area contributed by atoms with Crippen LogP contribution in [0.15, 0.2) is 29.4 Å². The highest BCUT2D eigenvalue weighted by atomic mass is 35.5. The zero-order valence-electron chi connectivity index (χ0n) is 11.6. The molecule has 19 heavy (non-hydrogen) atoms. The molecule has 1 rings (SSSR count). The molecule has 1 aromatic rings. The molecular formula is C14H19ClN2O2. The van der Waals surface area contributed by atoms with Gasteiger partial charge in [-0.3, -0.25) is 4.79 Å². The Hall–Kier alpha value is -1.55. The number of oxime groups is 1. The molecule has 0 heterocycles. The van der Waals surface area contributed by atoms with Gasteiger partial charge in [-0.05, 0) is 32.4 Å². The normalized spacial score (nSPS) is 14.2. The van der Waals surface area contributed by atoms with E-state index in [1.165, 1.54) is 7.11 Å². The SMILES string of the molecule is CON=CC(C)N(C(=O)C(C)Cl)c1ccccc1C. The second-order valence-electron chi connectivity index (χ2n) is 4.29. The Kier molecular flexibility index (Phi) is 5.83. The Labute approximate surface area is 119 Å². The molecule has 104 valence electrons. The number of para-hydroxylation sites is 1. The van der Waals surface area contributed by atoms with Gasteiger partial charge >= 0.3 is 0 Å². The zero-order valence-corrected chi connectivity index (χ0v) is 12.4. The standard InChI is InChI=1S/C14H19ClN2O2/c1-10-7-5-6-8-13(10)17(14(18)12(3)15)11(2)9-16-19-4/h5-9,11-12H,1-4H3. The van der Waals surface area contributed by atoms with Gasteiger partial charge in [0.1, 0.15) is 12.5 Å². The number of hydrogen-bond acceptors (Lipinski definition) is 3. The summed E-state index contributed by atoms with van der Waals surface area (Å²) in [5, 5.41) is 3.13. The first kappa shape index (κ1) is 15.5. The molecule has 0 aliphatic carbocycles. The van der Waals surface area contributed by atoms with Gasteiger partial charge in [0, 0.05) is 5.69 Å². The minimum atomic E-state index is -0.599. The van der Waals surface area contributed by atoms with Gasteiger partial charge in [0.05, 0.1) is 12.3 Å². The fraction of sp³-hybridized carbons (Fsp3) is 0.429. The molecular weight excluding hydrogens is 264 g/mol. The van der Waals surface area contributed by atoms with Crippen LogP contribution in [-0.2, 0) is 9.63 Å². The van der Waals surface area contributed by atoms with Crippen LogP contribution in [-0.4, -0.2) is 30.7 Å². The van der Waals surface area contributed by atoms with E-state index in [1.807, 2.05) is 38.1 Å². The largest absolute Gasteiger partial charge is 0.399 e. The lowest BCUT2D eigenvalue weighted by Crippen LogP contribution is -2.43. The molecule has 1 amide bonds. The lowest BCUT2D eigenvalue weighted by atomic mass is 10.1. The molecule has 4 nitrogen and oxygen atoms in total. The molecule has 0 saturated carbocycles. The predicted molar refractivity (Wildman–Crippen MR) is 78.9 cm³/mol. The van der Waals surface area contributed by atoms with Crippen molar-refractivity contribution < 1.29 is 9.63 Å². The Balaban J connectivity index is 3.16. The van der Waals surface area contributed by atoms with E-state index in [1.54, 1.807) is 18.0 Å². The van der Waals surface area contributed by atoms with Gasteiger partial charge in [-0.1, -0.05) is 23.4 Å². The first-order chi connectivity index (χ1) is 8.99. The van der Waals surface area contributed by atoms with Crippen molar-refractivity contribution in [3.8, 4) is 0 Å². The third-order valence-corrected chi connectivity index (χ3v) is 2.93. The van der Waals surface area contributed by atoms with Crippen LogP contribution in [0.3, 0.4) is 0 Å². The zero-order chi connectivity index (χ0) is 14.4. The number of rotatable bonds is 5. The molecule has 0 fully saturated rings. The minimum absolute atomic E-state index is 0.161. The van der Waals surface area contributed by atoms with E-state index in [2.05, 4.69) is 9.99 Å². The lowest BCUT2D eigenvalue weighted by Gasteiger charge is -2.29. The number of benzene rings is 1. The van der Waals surface area contributed by atoms with Crippen LogP contribution in [0.5, 0.6) is 0 Å². The maximum Gasteiger partial charge on any atom is 0.245 e. The van der Waals surface area contributed by atoms with Crippen molar-refractivity contribution in [2.45, 2.75) is 32.2 Å². The van der Waals surface area contributed by atoms with Crippen molar-refractivity contribution >= 4 is 29.4 Å². The smallest absolute Gasteiger partial charge is 0.245 e. The molecule has 0 N–H and O–H groups in total. The van der Waals surface area contributed by atoms with Crippen molar-refractivity contribution in [3.05, 3.63) is 29.8 Å². The number of nitrogens with zero attached hydrogens (tertiary/aromatic N) is 2. The van der Waals surface area contributed by atoms with Gasteiger partial charge in [-0.2, -0.15) is 0 Å². The van der Waals surface area contributed by atoms with Crippen LogP contribution in [0.4, 0.5) is 5.69 Å². The number of amides is 1. The van der Waals surface area contributed by atoms with Gasteiger partial charge in [0.2, 0.25) is 5.91 Å². The van der Waals surface area contributed by atoms with E-state index >= 15 is 0 Å². The number of hydrogen-bond donors (Lipinski definition) is 0. The maximum absolute atomic E-state index is 12.3. The summed E-state index contributed by atoms with van der Waals surface area (Å²) in [5.41, 5.74) is 1.83. The van der Waals surface area contributed by atoms with Crippen molar-refractivity contribution in [1.82, 2.24) is 0 Å². The first-order valence-electron chi connectivity index (χ1n) is 6.08. The number of aryl methyl sites for hydroxylation is 1. The van der Waals surface area contributed by atoms with E-state index in [0.717, 1.165) is 11.3 Å². The maximum atomic E-state index is 12.3. The minimum Gasteiger partial charge on any atom is -0.399 e. The molecule has 0 aliphatic heterocycles. The van der Waals surface area contributed by atoms with Crippen molar-refractivity contribution in [2.75, 3.05) is 12.0 Å². The molecule has 1 aromatic carbocycles. The number of halogens is 1. The van der Waals surface area contributed by atoms with E-state index in [0.29, 0.717) is 0 Å². The summed E-state index contributed by atoms with van der Waals surface area (Å²) in [6.45, 7) is 5.48. The highest BCUT2D eigenvalue weighted by molar-refractivity contribution is 6.32. The topological polar surface area (TPSA) is 41.9 Å². The first-order valence-corrected chi connectivity index (χ1v) is 6.52. The highest BCUT2D eigenvalue weighted by Crippen LogP contribution is 2.23. The Morgan fingerprint density at radius 2 is 2.05 bits per heavy atom. The summed E-state index contributed by atoms with van der Waals surface area (Å²) in [4.78, 5) is 18.6. The van der Waals surface area contributed by atoms with Crippen molar-refractivity contribution in [1.29, 1.82) is 0 Å². The lowest BCUT2D eigenvalue weighted by molar-refractivity contribution is -0.118. The summed E-state index contributed by atoms with van der Waals surface area (Å²) in [5.74, 6) is -0.161. The van der Waals surface area contributed by atoms with Crippen LogP contribution >= 0.6 is 11.6 Å². The summed E-state index contributed by atoms with van der Waals surface area (Å²) in [6, 6.07) is 7.43. The van der Waals surface area contributed by atoms with Crippen molar-refractivity contribution in [2.24, 2.45) is 5.16 Å². The summed E-state index contributed by atoms with van der Waals surface area (Å²) >= 11 is 5.94. The summed E-state index contributed by atoms with van der Waals surface area (Å²) < 4.78 is 0. The number of carbonyl (C=O) groups is 1. The fourth-order valence-corrected chi connectivity index (χ4v) is 1.88. The van der Waals surface area contributed by atoms with Crippen LogP contribution in [0.25, 0.3) is 0 Å². The van der Waals surface area contributed by atoms with Crippen LogP contribution in [0.2, 0.25) is 0 Å². The Morgan fingerprint density at radius 1 is 1.42 bits per heavy atom.